The summed E-state index contributed by atoms with van der Waals surface area (Å²) in [5.74, 6) is 0. The first kappa shape index (κ1) is 9.46. The van der Waals surface area contributed by atoms with E-state index >= 15 is 0 Å². The van der Waals surface area contributed by atoms with Crippen molar-refractivity contribution in [1.82, 2.24) is 14.8 Å². The monoisotopic (exact) mass is 209 g/mol. The molecule has 0 aliphatic rings. The average Bonchev–Trinajstić information content (AvgIpc) is 2.44. The smallest absolute Gasteiger partial charge is 0.159 e. The van der Waals surface area contributed by atoms with Crippen LogP contribution in [0.3, 0.4) is 0 Å². The Morgan fingerprint density at radius 2 is 2.21 bits per heavy atom. The molecule has 0 amide bonds. The predicted molar refractivity (Wildman–Crippen MR) is 57.6 cm³/mol. The van der Waals surface area contributed by atoms with Gasteiger partial charge in [-0.05, 0) is 18.9 Å². The van der Waals surface area contributed by atoms with E-state index in [1.807, 2.05) is 20.2 Å². The summed E-state index contributed by atoms with van der Waals surface area (Å²) in [6, 6.07) is 0. The van der Waals surface area contributed by atoms with Gasteiger partial charge < -0.3 is 0 Å². The molecule has 0 saturated carbocycles. The molecule has 0 spiro atoms. The summed E-state index contributed by atoms with van der Waals surface area (Å²) in [5, 5.41) is 6.07. The van der Waals surface area contributed by atoms with Crippen LogP contribution >= 0.6 is 11.6 Å². The number of fused-ring (bicyclic) bond motifs is 1. The summed E-state index contributed by atoms with van der Waals surface area (Å²) in [6.45, 7) is 4.02. The maximum atomic E-state index is 6.27. The number of pyridine rings is 1. The van der Waals surface area contributed by atoms with Crippen LogP contribution in [0.15, 0.2) is 6.20 Å². The van der Waals surface area contributed by atoms with E-state index in [1.54, 1.807) is 4.68 Å². The summed E-state index contributed by atoms with van der Waals surface area (Å²) in [5.41, 5.74) is 2.87. The molecule has 2 heterocycles. The van der Waals surface area contributed by atoms with Crippen molar-refractivity contribution in [2.75, 3.05) is 0 Å². The van der Waals surface area contributed by atoms with Gasteiger partial charge in [0.15, 0.2) is 5.65 Å². The standard InChI is InChI=1S/C10H12ClN3/c1-4-7-5-12-10-8(9(7)11)6(2)13-14(10)3/h5H,4H2,1-3H3. The number of hydrogen-bond donors (Lipinski definition) is 0. The summed E-state index contributed by atoms with van der Waals surface area (Å²) in [6.07, 6.45) is 2.72. The molecule has 0 unspecified atom stereocenters. The Morgan fingerprint density at radius 1 is 1.50 bits per heavy atom. The van der Waals surface area contributed by atoms with Crippen LogP contribution < -0.4 is 0 Å². The van der Waals surface area contributed by atoms with Crippen LogP contribution in [-0.2, 0) is 13.5 Å². The summed E-state index contributed by atoms with van der Waals surface area (Å²) in [4.78, 5) is 4.35. The lowest BCUT2D eigenvalue weighted by atomic mass is 10.1. The van der Waals surface area contributed by atoms with E-state index in [0.717, 1.165) is 33.7 Å². The van der Waals surface area contributed by atoms with Crippen molar-refractivity contribution in [2.24, 2.45) is 7.05 Å². The molecule has 14 heavy (non-hydrogen) atoms. The Labute approximate surface area is 87.7 Å². The molecule has 0 saturated heterocycles. The Bertz CT molecular complexity index is 488. The number of halogens is 1. The predicted octanol–water partition coefficient (Wildman–Crippen LogP) is 2.49. The highest BCUT2D eigenvalue weighted by Crippen LogP contribution is 2.27. The van der Waals surface area contributed by atoms with Gasteiger partial charge in [-0.25, -0.2) is 4.98 Å². The van der Waals surface area contributed by atoms with E-state index in [9.17, 15) is 0 Å². The third-order valence-electron chi connectivity index (χ3n) is 2.42. The van der Waals surface area contributed by atoms with Crippen molar-refractivity contribution < 1.29 is 0 Å². The largest absolute Gasteiger partial charge is 0.250 e. The van der Waals surface area contributed by atoms with Gasteiger partial charge in [-0.1, -0.05) is 18.5 Å². The minimum absolute atomic E-state index is 0.795. The fourth-order valence-corrected chi connectivity index (χ4v) is 2.06. The highest BCUT2D eigenvalue weighted by Gasteiger charge is 2.12. The number of nitrogens with zero attached hydrogens (tertiary/aromatic N) is 3. The molecule has 3 nitrogen and oxygen atoms in total. The van der Waals surface area contributed by atoms with E-state index < -0.39 is 0 Å². The highest BCUT2D eigenvalue weighted by molar-refractivity contribution is 6.36. The molecule has 0 aliphatic heterocycles. The molecule has 0 aromatic carbocycles. The first-order valence-electron chi connectivity index (χ1n) is 4.61. The molecule has 0 atom stereocenters. The van der Waals surface area contributed by atoms with E-state index in [4.69, 9.17) is 11.6 Å². The van der Waals surface area contributed by atoms with Crippen LogP contribution in [0.2, 0.25) is 5.02 Å². The summed E-state index contributed by atoms with van der Waals surface area (Å²) >= 11 is 6.27. The third kappa shape index (κ3) is 1.20. The topological polar surface area (TPSA) is 30.7 Å². The second-order valence-electron chi connectivity index (χ2n) is 3.36. The zero-order valence-electron chi connectivity index (χ0n) is 8.50. The first-order valence-corrected chi connectivity index (χ1v) is 4.99. The molecule has 0 bridgehead atoms. The second-order valence-corrected chi connectivity index (χ2v) is 3.74. The third-order valence-corrected chi connectivity index (χ3v) is 2.85. The average molecular weight is 210 g/mol. The van der Waals surface area contributed by atoms with Crippen molar-refractivity contribution in [3.05, 3.63) is 22.5 Å². The zero-order chi connectivity index (χ0) is 10.3. The molecule has 74 valence electrons. The summed E-state index contributed by atoms with van der Waals surface area (Å²) in [7, 11) is 1.88. The van der Waals surface area contributed by atoms with Gasteiger partial charge in [0, 0.05) is 13.2 Å². The maximum absolute atomic E-state index is 6.27. The van der Waals surface area contributed by atoms with Crippen LogP contribution in [0, 0.1) is 6.92 Å². The van der Waals surface area contributed by atoms with Gasteiger partial charge in [-0.2, -0.15) is 5.10 Å². The highest BCUT2D eigenvalue weighted by atomic mass is 35.5. The van der Waals surface area contributed by atoms with Gasteiger partial charge in [0.25, 0.3) is 0 Å². The Balaban J connectivity index is 2.87. The van der Waals surface area contributed by atoms with Crippen molar-refractivity contribution in [2.45, 2.75) is 20.3 Å². The van der Waals surface area contributed by atoms with Crippen LogP contribution in [0.4, 0.5) is 0 Å². The van der Waals surface area contributed by atoms with Crippen molar-refractivity contribution in [3.63, 3.8) is 0 Å². The van der Waals surface area contributed by atoms with E-state index in [-0.39, 0.29) is 0 Å². The number of aryl methyl sites for hydroxylation is 3. The minimum Gasteiger partial charge on any atom is -0.250 e. The quantitative estimate of drug-likeness (QED) is 0.723. The van der Waals surface area contributed by atoms with Crippen molar-refractivity contribution >= 4 is 22.6 Å². The molecule has 0 aliphatic carbocycles. The number of aromatic nitrogens is 3. The number of hydrogen-bond acceptors (Lipinski definition) is 2. The van der Waals surface area contributed by atoms with Gasteiger partial charge in [0.1, 0.15) is 0 Å². The van der Waals surface area contributed by atoms with Gasteiger partial charge in [-0.15, -0.1) is 0 Å². The van der Waals surface area contributed by atoms with E-state index in [2.05, 4.69) is 17.0 Å². The van der Waals surface area contributed by atoms with Crippen LogP contribution in [0.5, 0.6) is 0 Å². The minimum atomic E-state index is 0.795. The molecular formula is C10H12ClN3. The van der Waals surface area contributed by atoms with E-state index in [1.165, 1.54) is 0 Å². The molecule has 4 heteroatoms. The fraction of sp³-hybridized carbons (Fsp3) is 0.400. The Kier molecular flexibility index (Phi) is 2.19. The van der Waals surface area contributed by atoms with Crippen molar-refractivity contribution in [3.8, 4) is 0 Å². The van der Waals surface area contributed by atoms with Crippen LogP contribution in [0.25, 0.3) is 11.0 Å². The van der Waals surface area contributed by atoms with Gasteiger partial charge in [0.2, 0.25) is 0 Å². The van der Waals surface area contributed by atoms with Gasteiger partial charge in [-0.3, -0.25) is 4.68 Å². The normalized spacial score (nSPS) is 11.1. The molecule has 2 rings (SSSR count). The Hall–Kier alpha value is -1.09. The van der Waals surface area contributed by atoms with Crippen molar-refractivity contribution in [1.29, 1.82) is 0 Å². The lowest BCUT2D eigenvalue weighted by Crippen LogP contribution is -1.93. The molecule has 2 aromatic heterocycles. The Morgan fingerprint density at radius 3 is 2.86 bits per heavy atom. The molecule has 0 N–H and O–H groups in total. The molecular weight excluding hydrogens is 198 g/mol. The molecule has 2 aromatic rings. The molecule has 0 radical (unpaired) electrons. The lowest BCUT2D eigenvalue weighted by Gasteiger charge is -2.01. The summed E-state index contributed by atoms with van der Waals surface area (Å²) < 4.78 is 1.76. The number of rotatable bonds is 1. The second kappa shape index (κ2) is 3.24. The van der Waals surface area contributed by atoms with E-state index in [0.29, 0.717) is 0 Å². The van der Waals surface area contributed by atoms with Gasteiger partial charge >= 0.3 is 0 Å². The first-order chi connectivity index (χ1) is 6.65. The van der Waals surface area contributed by atoms with Gasteiger partial charge in [0.05, 0.1) is 16.1 Å². The SMILES string of the molecule is CCc1cnc2c(c(C)nn2C)c1Cl. The maximum Gasteiger partial charge on any atom is 0.159 e. The lowest BCUT2D eigenvalue weighted by molar-refractivity contribution is 0.773. The van der Waals surface area contributed by atoms with Crippen LogP contribution in [0.1, 0.15) is 18.2 Å². The molecule has 0 fully saturated rings. The fourth-order valence-electron chi connectivity index (χ4n) is 1.65. The zero-order valence-corrected chi connectivity index (χ0v) is 9.26. The van der Waals surface area contributed by atoms with Crippen LogP contribution in [-0.4, -0.2) is 14.8 Å².